The highest BCUT2D eigenvalue weighted by Gasteiger charge is 2.33. The third-order valence-corrected chi connectivity index (χ3v) is 6.98. The van der Waals surface area contributed by atoms with Crippen molar-refractivity contribution >= 4 is 33.3 Å². The van der Waals surface area contributed by atoms with E-state index in [9.17, 15) is 13.2 Å². The van der Waals surface area contributed by atoms with Crippen molar-refractivity contribution < 1.29 is 13.2 Å². The zero-order valence-electron chi connectivity index (χ0n) is 20.0. The molecule has 0 fully saturated rings. The van der Waals surface area contributed by atoms with Crippen LogP contribution < -0.4 is 16.0 Å². The molecule has 7 nitrogen and oxygen atoms in total. The van der Waals surface area contributed by atoms with Gasteiger partial charge in [-0.15, -0.1) is 5.10 Å². The Morgan fingerprint density at radius 1 is 1.03 bits per heavy atom. The van der Waals surface area contributed by atoms with Crippen molar-refractivity contribution in [3.63, 3.8) is 0 Å². The summed E-state index contributed by atoms with van der Waals surface area (Å²) in [6, 6.07) is 18.1. The molecule has 0 radical (unpaired) electrons. The maximum absolute atomic E-state index is 13.4. The molecular formula is C27H24F3N7. The summed E-state index contributed by atoms with van der Waals surface area (Å²) in [5.41, 5.74) is 9.17. The fourth-order valence-electron chi connectivity index (χ4n) is 5.08. The second-order valence-corrected chi connectivity index (χ2v) is 9.19. The van der Waals surface area contributed by atoms with Gasteiger partial charge in [0.05, 0.1) is 29.3 Å². The Balaban J connectivity index is 1.31. The van der Waals surface area contributed by atoms with Crippen LogP contribution in [-0.2, 0) is 19.3 Å². The SMILES string of the molecule is Cc1c([C@@H](N)Nc2nncc3ccc(N4CCn5c(nc6ccccc65)C4)cc23)cccc1C(F)(F)F. The number of nitrogens with zero attached hydrogens (tertiary/aromatic N) is 5. The van der Waals surface area contributed by atoms with Crippen molar-refractivity contribution in [2.75, 3.05) is 16.8 Å². The third-order valence-electron chi connectivity index (χ3n) is 6.98. The van der Waals surface area contributed by atoms with E-state index in [1.807, 2.05) is 36.4 Å². The number of benzene rings is 3. The van der Waals surface area contributed by atoms with Crippen LogP contribution >= 0.6 is 0 Å². The molecular weight excluding hydrogens is 479 g/mol. The van der Waals surface area contributed by atoms with Gasteiger partial charge >= 0.3 is 6.18 Å². The van der Waals surface area contributed by atoms with Crippen LogP contribution in [0.25, 0.3) is 21.8 Å². The van der Waals surface area contributed by atoms with Crippen molar-refractivity contribution in [2.45, 2.75) is 32.4 Å². The highest BCUT2D eigenvalue weighted by Crippen LogP contribution is 2.35. The van der Waals surface area contributed by atoms with Crippen LogP contribution in [-0.4, -0.2) is 26.3 Å². The standard InChI is InChI=1S/C27H24F3N7/c1-16-19(5-4-6-21(16)27(28,29)30)25(31)34-26-20-13-18(10-9-17(20)14-32-35-26)36-11-12-37-23-8-3-2-7-22(23)33-24(37)15-36/h2-10,13-14,25H,11-12,15,31H2,1H3,(H,34,35)/t25-/m0/s1. The second-order valence-electron chi connectivity index (χ2n) is 9.19. The van der Waals surface area contributed by atoms with Crippen molar-refractivity contribution in [3.8, 4) is 0 Å². The van der Waals surface area contributed by atoms with Gasteiger partial charge in [-0.2, -0.15) is 18.3 Å². The number of hydrogen-bond acceptors (Lipinski definition) is 6. The average Bonchev–Trinajstić information content (AvgIpc) is 3.26. The molecule has 3 aromatic carbocycles. The van der Waals surface area contributed by atoms with Crippen molar-refractivity contribution in [2.24, 2.45) is 5.73 Å². The first kappa shape index (κ1) is 23.2. The van der Waals surface area contributed by atoms with Gasteiger partial charge in [0.15, 0.2) is 5.82 Å². The van der Waals surface area contributed by atoms with Gasteiger partial charge in [0.2, 0.25) is 0 Å². The van der Waals surface area contributed by atoms with Crippen molar-refractivity contribution in [1.29, 1.82) is 0 Å². The fourth-order valence-corrected chi connectivity index (χ4v) is 5.08. The van der Waals surface area contributed by atoms with Gasteiger partial charge in [-0.3, -0.25) is 0 Å². The molecule has 0 amide bonds. The number of aromatic nitrogens is 4. The molecule has 5 aromatic rings. The van der Waals surface area contributed by atoms with Crippen LogP contribution in [0.3, 0.4) is 0 Å². The molecule has 0 bridgehead atoms. The van der Waals surface area contributed by atoms with Gasteiger partial charge in [0, 0.05) is 29.5 Å². The smallest absolute Gasteiger partial charge is 0.362 e. The minimum Gasteiger partial charge on any atom is -0.362 e. The molecule has 0 saturated carbocycles. The quantitative estimate of drug-likeness (QED) is 0.320. The van der Waals surface area contributed by atoms with Gasteiger partial charge in [-0.1, -0.05) is 30.3 Å². The number of nitrogens with two attached hydrogens (primary N) is 1. The zero-order valence-corrected chi connectivity index (χ0v) is 20.0. The summed E-state index contributed by atoms with van der Waals surface area (Å²) < 4.78 is 42.5. The number of alkyl halides is 3. The molecule has 6 rings (SSSR count). The van der Waals surface area contributed by atoms with E-state index in [2.05, 4.69) is 31.0 Å². The lowest BCUT2D eigenvalue weighted by atomic mass is 10.00. The Bertz CT molecular complexity index is 1630. The zero-order chi connectivity index (χ0) is 25.7. The van der Waals surface area contributed by atoms with E-state index in [1.54, 1.807) is 12.3 Å². The van der Waals surface area contributed by atoms with Gasteiger partial charge < -0.3 is 20.5 Å². The molecule has 1 atom stereocenters. The molecule has 0 aliphatic carbocycles. The van der Waals surface area contributed by atoms with E-state index < -0.39 is 17.9 Å². The minimum atomic E-state index is -4.46. The summed E-state index contributed by atoms with van der Waals surface area (Å²) in [6.07, 6.45) is -3.70. The first-order valence-corrected chi connectivity index (χ1v) is 11.9. The van der Waals surface area contributed by atoms with Crippen molar-refractivity contribution in [1.82, 2.24) is 19.7 Å². The van der Waals surface area contributed by atoms with E-state index >= 15 is 0 Å². The monoisotopic (exact) mass is 503 g/mol. The van der Waals surface area contributed by atoms with E-state index in [0.717, 1.165) is 52.5 Å². The molecule has 3 N–H and O–H groups in total. The number of para-hydroxylation sites is 2. The number of rotatable bonds is 4. The number of imidazole rings is 1. The fraction of sp³-hybridized carbons (Fsp3) is 0.222. The summed E-state index contributed by atoms with van der Waals surface area (Å²) in [5.74, 6) is 1.41. The molecule has 188 valence electrons. The number of hydrogen-bond donors (Lipinski definition) is 2. The highest BCUT2D eigenvalue weighted by molar-refractivity contribution is 5.93. The van der Waals surface area contributed by atoms with Crippen LogP contribution in [0.15, 0.2) is 66.9 Å². The molecule has 2 aromatic heterocycles. The first-order valence-electron chi connectivity index (χ1n) is 11.9. The summed E-state index contributed by atoms with van der Waals surface area (Å²) in [6.45, 7) is 3.71. The maximum atomic E-state index is 13.4. The van der Waals surface area contributed by atoms with Gasteiger partial charge in [-0.05, 0) is 48.4 Å². The van der Waals surface area contributed by atoms with Crippen LogP contribution in [0.1, 0.15) is 28.7 Å². The lowest BCUT2D eigenvalue weighted by Crippen LogP contribution is -2.33. The number of anilines is 2. The van der Waals surface area contributed by atoms with Gasteiger partial charge in [-0.25, -0.2) is 4.98 Å². The average molecular weight is 504 g/mol. The molecule has 37 heavy (non-hydrogen) atoms. The highest BCUT2D eigenvalue weighted by atomic mass is 19.4. The Morgan fingerprint density at radius 2 is 1.86 bits per heavy atom. The van der Waals surface area contributed by atoms with Crippen LogP contribution in [0.2, 0.25) is 0 Å². The molecule has 0 unspecified atom stereocenters. The predicted octanol–water partition coefficient (Wildman–Crippen LogP) is 5.40. The molecule has 1 aliphatic rings. The topological polar surface area (TPSA) is 84.9 Å². The van der Waals surface area contributed by atoms with Crippen LogP contribution in [0.5, 0.6) is 0 Å². The normalized spacial score (nSPS) is 14.7. The van der Waals surface area contributed by atoms with Gasteiger partial charge in [0.25, 0.3) is 0 Å². The van der Waals surface area contributed by atoms with Crippen LogP contribution in [0.4, 0.5) is 24.7 Å². The van der Waals surface area contributed by atoms with Crippen molar-refractivity contribution in [3.05, 3.63) is 89.4 Å². The summed E-state index contributed by atoms with van der Waals surface area (Å²) in [4.78, 5) is 7.06. The summed E-state index contributed by atoms with van der Waals surface area (Å²) in [5, 5.41) is 13.0. The molecule has 0 saturated heterocycles. The Labute approximate surface area is 210 Å². The Kier molecular flexibility index (Phi) is 5.49. The number of nitrogens with one attached hydrogen (secondary N) is 1. The van der Waals surface area contributed by atoms with E-state index in [-0.39, 0.29) is 5.56 Å². The Morgan fingerprint density at radius 3 is 2.70 bits per heavy atom. The lowest BCUT2D eigenvalue weighted by molar-refractivity contribution is -0.138. The molecule has 10 heteroatoms. The molecule has 3 heterocycles. The van der Waals surface area contributed by atoms with E-state index in [1.165, 1.54) is 13.0 Å². The van der Waals surface area contributed by atoms with Crippen LogP contribution in [0, 0.1) is 6.92 Å². The maximum Gasteiger partial charge on any atom is 0.416 e. The van der Waals surface area contributed by atoms with E-state index in [0.29, 0.717) is 17.9 Å². The Hall–Kier alpha value is -4.18. The first-order chi connectivity index (χ1) is 17.8. The summed E-state index contributed by atoms with van der Waals surface area (Å²) >= 11 is 0. The van der Waals surface area contributed by atoms with Gasteiger partial charge in [0.1, 0.15) is 12.0 Å². The van der Waals surface area contributed by atoms with E-state index in [4.69, 9.17) is 10.7 Å². The predicted molar refractivity (Wildman–Crippen MR) is 137 cm³/mol. The number of fused-ring (bicyclic) bond motifs is 4. The number of halogens is 3. The second kappa shape index (κ2) is 8.74. The third kappa shape index (κ3) is 4.13. The largest absolute Gasteiger partial charge is 0.416 e. The molecule has 0 spiro atoms. The minimum absolute atomic E-state index is 0.0834. The lowest BCUT2D eigenvalue weighted by Gasteiger charge is -2.30. The summed E-state index contributed by atoms with van der Waals surface area (Å²) in [7, 11) is 0. The molecule has 1 aliphatic heterocycles.